The van der Waals surface area contributed by atoms with Crippen LogP contribution in [-0.2, 0) is 11.3 Å². The average Bonchev–Trinajstić information content (AvgIpc) is 2.45. The lowest BCUT2D eigenvalue weighted by atomic mass is 9.89. The summed E-state index contributed by atoms with van der Waals surface area (Å²) in [7, 11) is 0. The van der Waals surface area contributed by atoms with Gasteiger partial charge in [-0.05, 0) is 31.4 Å². The molecule has 1 aliphatic carbocycles. The molecule has 4 nitrogen and oxygen atoms in total. The van der Waals surface area contributed by atoms with Crippen LogP contribution in [0.5, 0.6) is 5.75 Å². The minimum Gasteiger partial charge on any atom is -0.489 e. The summed E-state index contributed by atoms with van der Waals surface area (Å²) in [5.41, 5.74) is 2.92. The van der Waals surface area contributed by atoms with Crippen LogP contribution in [0.2, 0.25) is 0 Å². The van der Waals surface area contributed by atoms with E-state index in [-0.39, 0.29) is 4.49 Å². The van der Waals surface area contributed by atoms with Crippen LogP contribution < -0.4 is 4.74 Å². The molecule has 1 aliphatic rings. The number of oxime groups is 1. The summed E-state index contributed by atoms with van der Waals surface area (Å²) in [6.45, 7) is 1.84. The number of hydrogen-bond donors (Lipinski definition) is 1. The van der Waals surface area contributed by atoms with Gasteiger partial charge in [0.1, 0.15) is 16.8 Å². The SMILES string of the molecule is CC(O)ON=C1CCCc2c(OCC=C(Cl)Cl)cccc21. The van der Waals surface area contributed by atoms with Crippen molar-refractivity contribution in [2.24, 2.45) is 5.16 Å². The predicted molar refractivity (Wildman–Crippen MR) is 84.0 cm³/mol. The van der Waals surface area contributed by atoms with Crippen LogP contribution in [0.4, 0.5) is 0 Å². The molecule has 0 aromatic heterocycles. The summed E-state index contributed by atoms with van der Waals surface area (Å²) >= 11 is 11.1. The van der Waals surface area contributed by atoms with Crippen molar-refractivity contribution in [3.63, 3.8) is 0 Å². The molecule has 1 N–H and O–H groups in total. The Bertz CT molecular complexity index is 552. The van der Waals surface area contributed by atoms with E-state index in [2.05, 4.69) is 5.16 Å². The number of aliphatic hydroxyl groups is 1. The molecule has 1 unspecified atom stereocenters. The lowest BCUT2D eigenvalue weighted by molar-refractivity contribution is -0.0838. The fraction of sp³-hybridized carbons (Fsp3) is 0.400. The summed E-state index contributed by atoms with van der Waals surface area (Å²) in [4.78, 5) is 4.95. The first-order valence-electron chi connectivity index (χ1n) is 6.75. The normalized spacial score (nSPS) is 17.0. The van der Waals surface area contributed by atoms with Gasteiger partial charge in [-0.3, -0.25) is 0 Å². The molecule has 1 aromatic rings. The molecule has 1 aromatic carbocycles. The van der Waals surface area contributed by atoms with Gasteiger partial charge in [0.15, 0.2) is 0 Å². The van der Waals surface area contributed by atoms with Crippen molar-refractivity contribution < 1.29 is 14.7 Å². The third-order valence-corrected chi connectivity index (χ3v) is 3.38. The van der Waals surface area contributed by atoms with Crippen LogP contribution in [0, 0.1) is 0 Å². The highest BCUT2D eigenvalue weighted by Crippen LogP contribution is 2.30. The van der Waals surface area contributed by atoms with E-state index in [1.807, 2.05) is 18.2 Å². The van der Waals surface area contributed by atoms with Crippen LogP contribution in [0.15, 0.2) is 33.9 Å². The monoisotopic (exact) mass is 329 g/mol. The smallest absolute Gasteiger partial charge is 0.221 e. The molecule has 6 heteroatoms. The Morgan fingerprint density at radius 1 is 1.43 bits per heavy atom. The topological polar surface area (TPSA) is 51.0 Å². The molecule has 0 bridgehead atoms. The van der Waals surface area contributed by atoms with Gasteiger partial charge >= 0.3 is 0 Å². The number of aliphatic hydroxyl groups excluding tert-OH is 1. The van der Waals surface area contributed by atoms with Crippen LogP contribution in [0.1, 0.15) is 30.9 Å². The van der Waals surface area contributed by atoms with E-state index < -0.39 is 6.29 Å². The largest absolute Gasteiger partial charge is 0.489 e. The Morgan fingerprint density at radius 3 is 2.95 bits per heavy atom. The zero-order valence-electron chi connectivity index (χ0n) is 11.7. The van der Waals surface area contributed by atoms with Gasteiger partial charge in [0, 0.05) is 18.1 Å². The molecule has 0 aliphatic heterocycles. The van der Waals surface area contributed by atoms with E-state index in [1.54, 1.807) is 6.08 Å². The van der Waals surface area contributed by atoms with Crippen molar-refractivity contribution >= 4 is 28.9 Å². The summed E-state index contributed by atoms with van der Waals surface area (Å²) in [5, 5.41) is 13.2. The maximum Gasteiger partial charge on any atom is 0.221 e. The number of fused-ring (bicyclic) bond motifs is 1. The van der Waals surface area contributed by atoms with Gasteiger partial charge in [0.05, 0.1) is 5.71 Å². The van der Waals surface area contributed by atoms with Gasteiger partial charge in [-0.15, -0.1) is 0 Å². The van der Waals surface area contributed by atoms with Crippen molar-refractivity contribution in [2.75, 3.05) is 6.61 Å². The van der Waals surface area contributed by atoms with Gasteiger partial charge in [0.25, 0.3) is 0 Å². The summed E-state index contributed by atoms with van der Waals surface area (Å²) in [6.07, 6.45) is 3.37. The number of hydrogen-bond acceptors (Lipinski definition) is 4. The maximum absolute atomic E-state index is 9.17. The van der Waals surface area contributed by atoms with Crippen molar-refractivity contribution in [1.29, 1.82) is 0 Å². The molecule has 0 spiro atoms. The van der Waals surface area contributed by atoms with Crippen molar-refractivity contribution in [2.45, 2.75) is 32.5 Å². The van der Waals surface area contributed by atoms with E-state index in [4.69, 9.17) is 37.9 Å². The van der Waals surface area contributed by atoms with E-state index in [9.17, 15) is 0 Å². The Balaban J connectivity index is 2.22. The molecule has 0 amide bonds. The number of rotatable bonds is 5. The standard InChI is InChI=1S/C15H17Cl2NO3/c1-10(19)21-18-13-6-2-5-12-11(13)4-3-7-14(12)20-9-8-15(16)17/h3-4,7-8,10,19H,2,5-6,9H2,1H3. The summed E-state index contributed by atoms with van der Waals surface area (Å²) < 4.78 is 5.89. The first-order chi connectivity index (χ1) is 10.1. The van der Waals surface area contributed by atoms with E-state index >= 15 is 0 Å². The first kappa shape index (κ1) is 16.1. The second-order valence-electron chi connectivity index (χ2n) is 4.68. The fourth-order valence-electron chi connectivity index (χ4n) is 2.23. The molecular weight excluding hydrogens is 313 g/mol. The molecule has 0 radical (unpaired) electrons. The third-order valence-electron chi connectivity index (χ3n) is 3.08. The van der Waals surface area contributed by atoms with Crippen molar-refractivity contribution in [3.05, 3.63) is 39.9 Å². The van der Waals surface area contributed by atoms with Crippen molar-refractivity contribution in [3.8, 4) is 5.75 Å². The molecule has 21 heavy (non-hydrogen) atoms. The highest BCUT2D eigenvalue weighted by molar-refractivity contribution is 6.55. The lowest BCUT2D eigenvalue weighted by Gasteiger charge is -2.20. The van der Waals surface area contributed by atoms with Crippen LogP contribution in [0.25, 0.3) is 0 Å². The number of nitrogens with zero attached hydrogens (tertiary/aromatic N) is 1. The number of benzene rings is 1. The molecule has 0 saturated carbocycles. The minimum atomic E-state index is -0.918. The Hall–Kier alpha value is -1.23. The molecule has 0 heterocycles. The highest BCUT2D eigenvalue weighted by Gasteiger charge is 2.19. The lowest BCUT2D eigenvalue weighted by Crippen LogP contribution is -2.15. The van der Waals surface area contributed by atoms with Crippen molar-refractivity contribution in [1.82, 2.24) is 0 Å². The van der Waals surface area contributed by atoms with E-state index in [0.717, 1.165) is 41.9 Å². The summed E-state index contributed by atoms with van der Waals surface area (Å²) in [6, 6.07) is 5.80. The molecular formula is C15H17Cl2NO3. The predicted octanol–water partition coefficient (Wildman–Crippen LogP) is 3.78. The third kappa shape index (κ3) is 4.63. The first-order valence-corrected chi connectivity index (χ1v) is 7.50. The Morgan fingerprint density at radius 2 is 2.24 bits per heavy atom. The summed E-state index contributed by atoms with van der Waals surface area (Å²) in [5.74, 6) is 0.794. The van der Waals surface area contributed by atoms with E-state index in [0.29, 0.717) is 6.61 Å². The molecule has 2 rings (SSSR count). The molecule has 114 valence electrons. The molecule has 0 saturated heterocycles. The Labute approximate surface area is 133 Å². The maximum atomic E-state index is 9.17. The van der Waals surface area contributed by atoms with Gasteiger partial charge in [0.2, 0.25) is 6.29 Å². The van der Waals surface area contributed by atoms with Gasteiger partial charge < -0.3 is 14.7 Å². The second-order valence-corrected chi connectivity index (χ2v) is 5.69. The Kier molecular flexibility index (Phi) is 5.91. The van der Waals surface area contributed by atoms with Crippen LogP contribution in [-0.4, -0.2) is 23.7 Å². The molecule has 1 atom stereocenters. The quantitative estimate of drug-likeness (QED) is 0.660. The van der Waals surface area contributed by atoms with Gasteiger partial charge in [-0.2, -0.15) is 0 Å². The van der Waals surface area contributed by atoms with Gasteiger partial charge in [-0.1, -0.05) is 40.5 Å². The zero-order valence-corrected chi connectivity index (χ0v) is 13.2. The van der Waals surface area contributed by atoms with Crippen LogP contribution in [0.3, 0.4) is 0 Å². The molecule has 0 fully saturated rings. The van der Waals surface area contributed by atoms with Crippen LogP contribution >= 0.6 is 23.2 Å². The average molecular weight is 330 g/mol. The number of ether oxygens (including phenoxy) is 1. The zero-order chi connectivity index (χ0) is 15.2. The number of halogens is 2. The van der Waals surface area contributed by atoms with E-state index in [1.165, 1.54) is 6.92 Å². The second kappa shape index (κ2) is 7.69. The minimum absolute atomic E-state index is 0.187. The highest BCUT2D eigenvalue weighted by atomic mass is 35.5. The van der Waals surface area contributed by atoms with Gasteiger partial charge in [-0.25, -0.2) is 0 Å². The fourth-order valence-corrected chi connectivity index (χ4v) is 2.35.